The third kappa shape index (κ3) is 3.89. The normalized spacial score (nSPS) is 13.4. The fourth-order valence-electron chi connectivity index (χ4n) is 3.53. The minimum absolute atomic E-state index is 0.170. The maximum atomic E-state index is 12.7. The second-order valence-electron chi connectivity index (χ2n) is 6.96. The molecule has 0 radical (unpaired) electrons. The first-order valence-corrected chi connectivity index (χ1v) is 9.44. The standard InChI is InChI=1S/C21H23N5O/c1-16-11-12-19-18(15-16)9-5-13-25(19)20(27)10-6-14-26-23-21(22-24-26)17-7-3-2-4-8-17/h2-4,7-8,11-12,15H,5-6,9-10,13-14H2,1H3. The van der Waals surface area contributed by atoms with Gasteiger partial charge in [-0.15, -0.1) is 10.2 Å². The molecule has 138 valence electrons. The lowest BCUT2D eigenvalue weighted by Gasteiger charge is -2.30. The molecule has 6 heteroatoms. The Kier molecular flexibility index (Phi) is 4.96. The summed E-state index contributed by atoms with van der Waals surface area (Å²) in [6.07, 6.45) is 3.25. The Balaban J connectivity index is 1.35. The SMILES string of the molecule is Cc1ccc2c(c1)CCCN2C(=O)CCCn1nnc(-c2ccccc2)n1. The highest BCUT2D eigenvalue weighted by molar-refractivity contribution is 5.94. The van der Waals surface area contributed by atoms with E-state index >= 15 is 0 Å². The van der Waals surface area contributed by atoms with Gasteiger partial charge in [0.1, 0.15) is 0 Å². The van der Waals surface area contributed by atoms with Crippen LogP contribution in [-0.4, -0.2) is 32.7 Å². The molecule has 0 bridgehead atoms. The van der Waals surface area contributed by atoms with Crippen LogP contribution in [0, 0.1) is 6.92 Å². The lowest BCUT2D eigenvalue weighted by atomic mass is 9.99. The number of rotatable bonds is 5. The van der Waals surface area contributed by atoms with Crippen LogP contribution in [0.25, 0.3) is 11.4 Å². The minimum Gasteiger partial charge on any atom is -0.312 e. The summed E-state index contributed by atoms with van der Waals surface area (Å²) in [7, 11) is 0. The fourth-order valence-corrected chi connectivity index (χ4v) is 3.53. The second-order valence-corrected chi connectivity index (χ2v) is 6.96. The number of fused-ring (bicyclic) bond motifs is 1. The van der Waals surface area contributed by atoms with Crippen molar-refractivity contribution in [1.82, 2.24) is 20.2 Å². The summed E-state index contributed by atoms with van der Waals surface area (Å²) in [5.41, 5.74) is 4.54. The van der Waals surface area contributed by atoms with Crippen LogP contribution < -0.4 is 4.90 Å². The maximum Gasteiger partial charge on any atom is 0.227 e. The third-order valence-corrected chi connectivity index (χ3v) is 4.89. The Bertz CT molecular complexity index is 935. The number of carbonyl (C=O) groups is 1. The topological polar surface area (TPSA) is 63.9 Å². The van der Waals surface area contributed by atoms with E-state index in [1.807, 2.05) is 35.2 Å². The van der Waals surface area contributed by atoms with Crippen molar-refractivity contribution in [2.24, 2.45) is 0 Å². The maximum absolute atomic E-state index is 12.7. The molecule has 2 heterocycles. The molecule has 1 amide bonds. The number of aryl methyl sites for hydroxylation is 3. The average Bonchev–Trinajstić information content (AvgIpc) is 3.17. The summed E-state index contributed by atoms with van der Waals surface area (Å²) < 4.78 is 0. The molecule has 0 saturated heterocycles. The van der Waals surface area contributed by atoms with Gasteiger partial charge in [0.15, 0.2) is 0 Å². The van der Waals surface area contributed by atoms with Crippen LogP contribution in [0.2, 0.25) is 0 Å². The summed E-state index contributed by atoms with van der Waals surface area (Å²) in [5.74, 6) is 0.783. The minimum atomic E-state index is 0.170. The molecular weight excluding hydrogens is 338 g/mol. The number of hydrogen-bond donors (Lipinski definition) is 0. The second kappa shape index (κ2) is 7.70. The Morgan fingerprint density at radius 3 is 2.85 bits per heavy atom. The van der Waals surface area contributed by atoms with Crippen molar-refractivity contribution < 1.29 is 4.79 Å². The predicted octanol–water partition coefficient (Wildman–Crippen LogP) is 3.41. The predicted molar refractivity (Wildman–Crippen MR) is 104 cm³/mol. The molecular formula is C21H23N5O. The molecule has 1 aromatic heterocycles. The van der Waals surface area contributed by atoms with Crippen molar-refractivity contribution in [3.8, 4) is 11.4 Å². The molecule has 0 unspecified atom stereocenters. The van der Waals surface area contributed by atoms with E-state index in [0.29, 0.717) is 25.2 Å². The van der Waals surface area contributed by atoms with Crippen LogP contribution in [0.5, 0.6) is 0 Å². The van der Waals surface area contributed by atoms with Gasteiger partial charge >= 0.3 is 0 Å². The summed E-state index contributed by atoms with van der Waals surface area (Å²) in [4.78, 5) is 16.2. The molecule has 6 nitrogen and oxygen atoms in total. The highest BCUT2D eigenvalue weighted by atomic mass is 16.2. The fraction of sp³-hybridized carbons (Fsp3) is 0.333. The van der Waals surface area contributed by atoms with Crippen molar-refractivity contribution in [1.29, 1.82) is 0 Å². The molecule has 1 aliphatic heterocycles. The summed E-state index contributed by atoms with van der Waals surface area (Å²) in [6.45, 7) is 3.48. The summed E-state index contributed by atoms with van der Waals surface area (Å²) in [6, 6.07) is 16.1. The molecule has 3 aromatic rings. The van der Waals surface area contributed by atoms with Crippen molar-refractivity contribution in [2.75, 3.05) is 11.4 Å². The van der Waals surface area contributed by atoms with Crippen molar-refractivity contribution in [3.05, 3.63) is 59.7 Å². The van der Waals surface area contributed by atoms with Crippen LogP contribution in [0.4, 0.5) is 5.69 Å². The largest absolute Gasteiger partial charge is 0.312 e. The lowest BCUT2D eigenvalue weighted by molar-refractivity contribution is -0.118. The number of anilines is 1. The molecule has 0 spiro atoms. The molecule has 4 rings (SSSR count). The van der Waals surface area contributed by atoms with E-state index in [0.717, 1.165) is 30.6 Å². The van der Waals surface area contributed by atoms with Gasteiger partial charge in [-0.2, -0.15) is 4.80 Å². The number of aromatic nitrogens is 4. The van der Waals surface area contributed by atoms with Gasteiger partial charge in [0, 0.05) is 24.2 Å². The van der Waals surface area contributed by atoms with Crippen LogP contribution in [0.1, 0.15) is 30.4 Å². The number of benzene rings is 2. The third-order valence-electron chi connectivity index (χ3n) is 4.89. The summed E-state index contributed by atoms with van der Waals surface area (Å²) >= 11 is 0. The van der Waals surface area contributed by atoms with Gasteiger partial charge < -0.3 is 4.90 Å². The molecule has 1 aliphatic rings. The van der Waals surface area contributed by atoms with Gasteiger partial charge in [-0.1, -0.05) is 48.0 Å². The monoisotopic (exact) mass is 361 g/mol. The van der Waals surface area contributed by atoms with Gasteiger partial charge in [-0.3, -0.25) is 4.79 Å². The van der Waals surface area contributed by atoms with E-state index in [9.17, 15) is 4.79 Å². The number of carbonyl (C=O) groups excluding carboxylic acids is 1. The lowest BCUT2D eigenvalue weighted by Crippen LogP contribution is -2.35. The number of tetrazole rings is 1. The van der Waals surface area contributed by atoms with Gasteiger partial charge in [-0.25, -0.2) is 0 Å². The van der Waals surface area contributed by atoms with E-state index in [4.69, 9.17) is 0 Å². The van der Waals surface area contributed by atoms with Gasteiger partial charge in [0.25, 0.3) is 0 Å². The Morgan fingerprint density at radius 1 is 1.15 bits per heavy atom. The quantitative estimate of drug-likeness (QED) is 0.699. The molecule has 0 aliphatic carbocycles. The Hall–Kier alpha value is -3.02. The zero-order valence-corrected chi connectivity index (χ0v) is 15.5. The Morgan fingerprint density at radius 2 is 2.00 bits per heavy atom. The van der Waals surface area contributed by atoms with Crippen LogP contribution >= 0.6 is 0 Å². The molecule has 0 atom stereocenters. The van der Waals surface area contributed by atoms with Crippen LogP contribution in [0.3, 0.4) is 0 Å². The highest BCUT2D eigenvalue weighted by Crippen LogP contribution is 2.28. The van der Waals surface area contributed by atoms with E-state index in [1.165, 1.54) is 11.1 Å². The first kappa shape index (κ1) is 17.4. The molecule has 0 fully saturated rings. The van der Waals surface area contributed by atoms with Crippen molar-refractivity contribution in [2.45, 2.75) is 39.2 Å². The molecule has 0 N–H and O–H groups in total. The average molecular weight is 361 g/mol. The molecule has 27 heavy (non-hydrogen) atoms. The van der Waals surface area contributed by atoms with E-state index in [2.05, 4.69) is 40.5 Å². The van der Waals surface area contributed by atoms with Gasteiger partial charge in [0.2, 0.25) is 11.7 Å². The van der Waals surface area contributed by atoms with E-state index in [1.54, 1.807) is 4.80 Å². The van der Waals surface area contributed by atoms with Crippen LogP contribution in [-0.2, 0) is 17.8 Å². The van der Waals surface area contributed by atoms with Crippen molar-refractivity contribution >= 4 is 11.6 Å². The number of amides is 1. The number of nitrogens with zero attached hydrogens (tertiary/aromatic N) is 5. The summed E-state index contributed by atoms with van der Waals surface area (Å²) in [5, 5.41) is 12.6. The van der Waals surface area contributed by atoms with E-state index < -0.39 is 0 Å². The number of hydrogen-bond acceptors (Lipinski definition) is 4. The van der Waals surface area contributed by atoms with Gasteiger partial charge in [0.05, 0.1) is 6.54 Å². The van der Waals surface area contributed by atoms with Crippen LogP contribution in [0.15, 0.2) is 48.5 Å². The smallest absolute Gasteiger partial charge is 0.227 e. The zero-order chi connectivity index (χ0) is 18.6. The molecule has 0 saturated carbocycles. The van der Waals surface area contributed by atoms with Gasteiger partial charge in [-0.05, 0) is 43.0 Å². The van der Waals surface area contributed by atoms with E-state index in [-0.39, 0.29) is 5.91 Å². The zero-order valence-electron chi connectivity index (χ0n) is 15.5. The molecule has 2 aromatic carbocycles. The highest BCUT2D eigenvalue weighted by Gasteiger charge is 2.22. The Labute approximate surface area is 158 Å². The van der Waals surface area contributed by atoms with Crippen molar-refractivity contribution in [3.63, 3.8) is 0 Å². The first-order valence-electron chi connectivity index (χ1n) is 9.44. The first-order chi connectivity index (χ1) is 13.2.